The molecule has 1 heterocycles. The molecule has 0 radical (unpaired) electrons. The lowest BCUT2D eigenvalue weighted by molar-refractivity contribution is -0.703. The zero-order valence-corrected chi connectivity index (χ0v) is 23.5. The van der Waals surface area contributed by atoms with Crippen molar-refractivity contribution in [1.82, 2.24) is 4.57 Å². The largest absolute Gasteiger partial charge is 1.00 e. The van der Waals surface area contributed by atoms with Crippen LogP contribution in [-0.4, -0.2) is 10.7 Å². The maximum Gasteiger partial charge on any atom is 1.00 e. The van der Waals surface area contributed by atoms with Gasteiger partial charge in [-0.2, -0.15) is 0 Å². The molecule has 0 aliphatic heterocycles. The van der Waals surface area contributed by atoms with Gasteiger partial charge in [0.2, 0.25) is 6.33 Å². The molecule has 0 saturated carbocycles. The van der Waals surface area contributed by atoms with Crippen LogP contribution in [0.3, 0.4) is 0 Å². The first-order valence-corrected chi connectivity index (χ1v) is 15.0. The minimum Gasteiger partial charge on any atom is -0.652 e. The molecule has 0 spiro atoms. The van der Waals surface area contributed by atoms with Gasteiger partial charge in [-0.15, -0.1) is 0 Å². The molecule has 35 heavy (non-hydrogen) atoms. The molecule has 0 aromatic carbocycles. The fourth-order valence-corrected chi connectivity index (χ4v) is 4.74. The molecule has 5 heteroatoms. The van der Waals surface area contributed by atoms with Gasteiger partial charge in [0, 0.05) is 0 Å². The van der Waals surface area contributed by atoms with Gasteiger partial charge in [-0.05, 0) is 37.8 Å². The summed E-state index contributed by atoms with van der Waals surface area (Å²) in [5.41, 5.74) is 0. The molecular weight excluding hydrogens is 436 g/mol. The van der Waals surface area contributed by atoms with Gasteiger partial charge >= 0.3 is 1.43 Å². The van der Waals surface area contributed by atoms with Crippen molar-refractivity contribution in [3.63, 3.8) is 0 Å². The van der Waals surface area contributed by atoms with Gasteiger partial charge in [0.1, 0.15) is 12.4 Å². The Morgan fingerprint density at radius 1 is 0.743 bits per heavy atom. The second-order valence-electron chi connectivity index (χ2n) is 10.3. The third kappa shape index (κ3) is 24.0. The number of aromatic nitrogens is 2. The number of carboxylic acid groups (broad SMARTS) is 2. The number of imidazole rings is 1. The van der Waals surface area contributed by atoms with Crippen molar-refractivity contribution in [2.75, 3.05) is 0 Å². The summed E-state index contributed by atoms with van der Waals surface area (Å²) in [7, 11) is 0. The van der Waals surface area contributed by atoms with Crippen LogP contribution < -0.4 is 14.8 Å². The highest BCUT2D eigenvalue weighted by Crippen LogP contribution is 2.14. The van der Waals surface area contributed by atoms with Crippen molar-refractivity contribution < 1.29 is 21.0 Å². The lowest BCUT2D eigenvalue weighted by Gasteiger charge is -2.11. The van der Waals surface area contributed by atoms with E-state index in [0.717, 1.165) is 5.92 Å². The van der Waals surface area contributed by atoms with E-state index in [-0.39, 0.29) is 1.43 Å². The van der Waals surface area contributed by atoms with Crippen LogP contribution in [0.1, 0.15) is 151 Å². The van der Waals surface area contributed by atoms with E-state index in [1.807, 2.05) is 0 Å². The smallest absolute Gasteiger partial charge is 0.652 e. The van der Waals surface area contributed by atoms with Crippen molar-refractivity contribution in [2.45, 2.75) is 162 Å². The van der Waals surface area contributed by atoms with Crippen LogP contribution in [0.4, 0.5) is 4.79 Å². The molecule has 0 saturated heterocycles. The molecule has 0 aliphatic carbocycles. The van der Waals surface area contributed by atoms with Gasteiger partial charge < -0.3 is 15.0 Å². The van der Waals surface area contributed by atoms with E-state index in [0.29, 0.717) is 0 Å². The molecule has 5 nitrogen and oxygen atoms in total. The first kappa shape index (κ1) is 33.5. The Kier molecular flexibility index (Phi) is 24.5. The summed E-state index contributed by atoms with van der Waals surface area (Å²) >= 11 is 0. The van der Waals surface area contributed by atoms with E-state index in [1.54, 1.807) is 0 Å². The van der Waals surface area contributed by atoms with Crippen LogP contribution in [0.5, 0.6) is 0 Å². The van der Waals surface area contributed by atoms with Crippen LogP contribution in [0.25, 0.3) is 0 Å². The minimum absolute atomic E-state index is 0. The van der Waals surface area contributed by atoms with Crippen LogP contribution >= 0.6 is 0 Å². The van der Waals surface area contributed by atoms with E-state index in [4.69, 9.17) is 15.0 Å². The molecule has 0 bridgehead atoms. The summed E-state index contributed by atoms with van der Waals surface area (Å²) in [6.45, 7) is 9.33. The summed E-state index contributed by atoms with van der Waals surface area (Å²) in [4.78, 5) is 8.33. The monoisotopic (exact) mass is 494 g/mol. The standard InChI is InChI=1S/C29H57N2.CH2O3/c1-4-7-9-10-11-12-13-14-15-16-17-18-19-20-21-22-24-30-25-26-31(28-30)27-29(6-3)23-8-5-2;2-1(3)4/h25-26,28-29H,4-24,27H2,1-3H3;(H2,2,3,4)/q+1;/p-1. The first-order valence-electron chi connectivity index (χ1n) is 15.0. The van der Waals surface area contributed by atoms with Gasteiger partial charge in [-0.1, -0.05) is 124 Å². The number of unbranched alkanes of at least 4 members (excludes halogenated alkanes) is 16. The van der Waals surface area contributed by atoms with Crippen molar-refractivity contribution in [3.8, 4) is 0 Å². The minimum atomic E-state index is -2.33. The Morgan fingerprint density at radius 3 is 1.60 bits per heavy atom. The zero-order chi connectivity index (χ0) is 26.0. The molecule has 0 aliphatic rings. The maximum absolute atomic E-state index is 8.33. The summed E-state index contributed by atoms with van der Waals surface area (Å²) < 4.78 is 4.81. The lowest BCUT2D eigenvalue weighted by atomic mass is 9.99. The number of hydrogen-bond acceptors (Lipinski definition) is 3. The predicted octanol–water partition coefficient (Wildman–Crippen LogP) is 6.92. The summed E-state index contributed by atoms with van der Waals surface area (Å²) in [6, 6.07) is 0. The molecule has 1 rings (SSSR count). The number of carbonyl (C=O) groups excluding carboxylic acids is 1. The molecule has 1 unspecified atom stereocenters. The third-order valence-electron chi connectivity index (χ3n) is 7.03. The second-order valence-corrected chi connectivity index (χ2v) is 10.3. The van der Waals surface area contributed by atoms with Gasteiger partial charge in [0.15, 0.2) is 0 Å². The molecule has 1 aromatic heterocycles. The van der Waals surface area contributed by atoms with E-state index >= 15 is 0 Å². The van der Waals surface area contributed by atoms with Crippen LogP contribution in [0.15, 0.2) is 18.7 Å². The van der Waals surface area contributed by atoms with Gasteiger partial charge in [0.25, 0.3) is 0 Å². The number of rotatable bonds is 23. The average molecular weight is 495 g/mol. The third-order valence-corrected chi connectivity index (χ3v) is 7.03. The van der Waals surface area contributed by atoms with Crippen LogP contribution in [-0.2, 0) is 13.1 Å². The van der Waals surface area contributed by atoms with Gasteiger partial charge in [-0.25, -0.2) is 9.13 Å². The molecule has 1 aromatic rings. The quantitative estimate of drug-likeness (QED) is 0.122. The van der Waals surface area contributed by atoms with Crippen molar-refractivity contribution in [2.24, 2.45) is 5.92 Å². The van der Waals surface area contributed by atoms with Gasteiger partial charge in [0.05, 0.1) is 13.1 Å². The first-order chi connectivity index (χ1) is 17.0. The van der Waals surface area contributed by atoms with Crippen molar-refractivity contribution >= 4 is 6.16 Å². The summed E-state index contributed by atoms with van der Waals surface area (Å²) in [5, 5.41) is 16.7. The number of carbonyl (C=O) groups is 1. The highest BCUT2D eigenvalue weighted by atomic mass is 16.6. The molecular formula is C30H58N2O3. The Hall–Kier alpha value is -1.52. The summed E-state index contributed by atoms with van der Waals surface area (Å²) in [6.07, 6.45) is 33.0. The molecule has 0 amide bonds. The molecule has 0 N–H and O–H groups in total. The van der Waals surface area contributed by atoms with Gasteiger partial charge in [-0.3, -0.25) is 0 Å². The maximum atomic E-state index is 8.33. The Morgan fingerprint density at radius 2 is 1.17 bits per heavy atom. The zero-order valence-electron chi connectivity index (χ0n) is 24.5. The molecule has 206 valence electrons. The average Bonchev–Trinajstić information content (AvgIpc) is 3.28. The Labute approximate surface area is 218 Å². The normalized spacial score (nSPS) is 11.7. The SMILES string of the molecule is CCCCCCCCCCCCCCCCCCn1cc[n+](CC(CC)CCCC)c1.O=C([O-])[O-].[H+]. The van der Waals surface area contributed by atoms with Crippen molar-refractivity contribution in [1.29, 1.82) is 0 Å². The fourth-order valence-electron chi connectivity index (χ4n) is 4.74. The lowest BCUT2D eigenvalue weighted by Crippen LogP contribution is -2.37. The van der Waals surface area contributed by atoms with E-state index in [1.165, 1.54) is 142 Å². The summed E-state index contributed by atoms with van der Waals surface area (Å²) in [5.74, 6) is 0.844. The number of aryl methyl sites for hydroxylation is 1. The second kappa shape index (κ2) is 25.6. The van der Waals surface area contributed by atoms with Crippen LogP contribution in [0.2, 0.25) is 0 Å². The number of nitrogens with zero attached hydrogens (tertiary/aromatic N) is 2. The van der Waals surface area contributed by atoms with E-state index < -0.39 is 6.16 Å². The Balaban J connectivity index is 0. The molecule has 0 fully saturated rings. The topological polar surface area (TPSA) is 72.0 Å². The number of hydrogen-bond donors (Lipinski definition) is 0. The predicted molar refractivity (Wildman–Crippen MR) is 144 cm³/mol. The van der Waals surface area contributed by atoms with E-state index in [2.05, 4.69) is 48.6 Å². The van der Waals surface area contributed by atoms with Crippen molar-refractivity contribution in [3.05, 3.63) is 18.7 Å². The molecule has 1 atom stereocenters. The highest BCUT2D eigenvalue weighted by Gasteiger charge is 2.11. The highest BCUT2D eigenvalue weighted by molar-refractivity contribution is 5.47. The Bertz CT molecular complexity index is 576. The fraction of sp³-hybridized carbons (Fsp3) is 0.867. The van der Waals surface area contributed by atoms with E-state index in [9.17, 15) is 0 Å². The van der Waals surface area contributed by atoms with Crippen LogP contribution in [0, 0.1) is 5.92 Å².